The third kappa shape index (κ3) is 2.66. The highest BCUT2D eigenvalue weighted by atomic mass is 32.2. The van der Waals surface area contributed by atoms with Crippen molar-refractivity contribution in [3.63, 3.8) is 0 Å². The summed E-state index contributed by atoms with van der Waals surface area (Å²) in [5.74, 6) is -0.734. The fraction of sp³-hybridized carbons (Fsp3) is 0.833. The van der Waals surface area contributed by atoms with Crippen LogP contribution in [0.4, 0.5) is 4.79 Å². The molecule has 0 bridgehead atoms. The number of likely N-dealkylation sites (tertiary alicyclic amines) is 1. The Morgan fingerprint density at radius 2 is 2.05 bits per heavy atom. The number of β-lactam (4-membered cyclic amide) rings is 1. The molecule has 1 unspecified atom stereocenters. The first-order valence-corrected chi connectivity index (χ1v) is 8.88. The molecule has 3 N–H and O–H groups in total. The van der Waals surface area contributed by atoms with E-state index in [4.69, 9.17) is 4.55 Å². The zero-order chi connectivity index (χ0) is 15.9. The van der Waals surface area contributed by atoms with Crippen LogP contribution in [-0.4, -0.2) is 71.9 Å². The van der Waals surface area contributed by atoms with Crippen LogP contribution in [0.3, 0.4) is 0 Å². The van der Waals surface area contributed by atoms with Gasteiger partial charge in [-0.3, -0.25) is 9.35 Å². The lowest BCUT2D eigenvalue weighted by molar-refractivity contribution is -0.143. The molecule has 3 heterocycles. The second-order valence-corrected chi connectivity index (χ2v) is 7.22. The lowest BCUT2D eigenvalue weighted by atomic mass is 10.0. The summed E-state index contributed by atoms with van der Waals surface area (Å²) in [4.78, 5) is 25.6. The van der Waals surface area contributed by atoms with Crippen LogP contribution in [0.25, 0.3) is 0 Å². The molecular weight excluding hydrogens is 312 g/mol. The maximum Gasteiger partial charge on any atom is 0.362 e. The van der Waals surface area contributed by atoms with Crippen LogP contribution >= 0.6 is 0 Å². The number of carbonyl (C=O) groups excluding carboxylic acids is 2. The molecule has 124 valence electrons. The summed E-state index contributed by atoms with van der Waals surface area (Å²) in [5.41, 5.74) is 0. The quantitative estimate of drug-likeness (QED) is 0.437. The Bertz CT molecular complexity index is 572. The van der Waals surface area contributed by atoms with Gasteiger partial charge < -0.3 is 15.5 Å². The van der Waals surface area contributed by atoms with Crippen molar-refractivity contribution in [2.24, 2.45) is 0 Å². The van der Waals surface area contributed by atoms with Crippen molar-refractivity contribution in [2.45, 2.75) is 43.8 Å². The summed E-state index contributed by atoms with van der Waals surface area (Å²) in [5, 5.41) is 6.18. The van der Waals surface area contributed by atoms with Crippen molar-refractivity contribution < 1.29 is 22.6 Å². The van der Waals surface area contributed by atoms with Crippen LogP contribution in [0.1, 0.15) is 25.7 Å². The van der Waals surface area contributed by atoms with E-state index in [9.17, 15) is 18.0 Å². The monoisotopic (exact) mass is 332 g/mol. The highest BCUT2D eigenvalue weighted by molar-refractivity contribution is 7.84. The fourth-order valence-electron chi connectivity index (χ4n) is 3.46. The van der Waals surface area contributed by atoms with Gasteiger partial charge in [0.2, 0.25) is 0 Å². The summed E-state index contributed by atoms with van der Waals surface area (Å²) >= 11 is 0. The number of hydrogen-bond acceptors (Lipinski definition) is 5. The van der Waals surface area contributed by atoms with Crippen molar-refractivity contribution in [1.82, 2.24) is 19.8 Å². The van der Waals surface area contributed by atoms with Gasteiger partial charge in [-0.1, -0.05) is 0 Å². The first kappa shape index (κ1) is 15.5. The molecule has 3 rings (SSSR count). The normalized spacial score (nSPS) is 32.2. The number of hydrogen-bond donors (Lipinski definition) is 3. The van der Waals surface area contributed by atoms with E-state index >= 15 is 0 Å². The van der Waals surface area contributed by atoms with Crippen molar-refractivity contribution in [2.75, 3.05) is 19.6 Å². The molecule has 9 nitrogen and oxygen atoms in total. The molecule has 3 aliphatic rings. The third-order valence-corrected chi connectivity index (χ3v) is 5.50. The van der Waals surface area contributed by atoms with Gasteiger partial charge in [0, 0.05) is 12.6 Å². The first-order chi connectivity index (χ1) is 10.4. The molecule has 0 aromatic rings. The third-order valence-electron chi connectivity index (χ3n) is 4.55. The van der Waals surface area contributed by atoms with Gasteiger partial charge >= 0.3 is 16.3 Å². The van der Waals surface area contributed by atoms with Crippen molar-refractivity contribution in [3.05, 3.63) is 0 Å². The predicted molar refractivity (Wildman–Crippen MR) is 76.3 cm³/mol. The van der Waals surface area contributed by atoms with Gasteiger partial charge in [-0.05, 0) is 38.8 Å². The zero-order valence-corrected chi connectivity index (χ0v) is 12.9. The summed E-state index contributed by atoms with van der Waals surface area (Å²) < 4.78 is 31.8. The van der Waals surface area contributed by atoms with Crippen LogP contribution in [0.15, 0.2) is 0 Å². The first-order valence-electron chi connectivity index (χ1n) is 7.48. The maximum absolute atomic E-state index is 12.3. The Balaban J connectivity index is 1.62. The van der Waals surface area contributed by atoms with Gasteiger partial charge in [0.05, 0.1) is 6.04 Å². The molecule has 3 atom stereocenters. The summed E-state index contributed by atoms with van der Waals surface area (Å²) in [7, 11) is -4.53. The number of nitrogens with zero attached hydrogens (tertiary/aromatic N) is 2. The Labute approximate surface area is 128 Å². The van der Waals surface area contributed by atoms with E-state index in [2.05, 4.69) is 10.6 Å². The summed E-state index contributed by atoms with van der Waals surface area (Å²) in [6.45, 7) is 2.08. The van der Waals surface area contributed by atoms with Crippen LogP contribution in [0, 0.1) is 0 Å². The second kappa shape index (κ2) is 5.67. The Morgan fingerprint density at radius 3 is 2.77 bits per heavy atom. The Hall–Kier alpha value is -1.39. The van der Waals surface area contributed by atoms with Crippen LogP contribution in [0.2, 0.25) is 0 Å². The van der Waals surface area contributed by atoms with Gasteiger partial charge in [-0.15, -0.1) is 0 Å². The minimum absolute atomic E-state index is 0.0643. The van der Waals surface area contributed by atoms with E-state index in [1.165, 1.54) is 4.90 Å². The number of carbonyl (C=O) groups is 2. The predicted octanol–water partition coefficient (Wildman–Crippen LogP) is -1.07. The van der Waals surface area contributed by atoms with E-state index in [-0.39, 0.29) is 12.1 Å². The molecule has 0 radical (unpaired) electrons. The van der Waals surface area contributed by atoms with Gasteiger partial charge in [0.1, 0.15) is 6.04 Å². The number of rotatable bonds is 2. The lowest BCUT2D eigenvalue weighted by Gasteiger charge is -2.42. The topological polar surface area (TPSA) is 119 Å². The lowest BCUT2D eigenvalue weighted by Crippen LogP contribution is -2.69. The highest BCUT2D eigenvalue weighted by Crippen LogP contribution is 2.35. The molecule has 0 aromatic heterocycles. The average Bonchev–Trinajstić information content (AvgIpc) is 2.60. The molecular formula is C12H20N4O5S. The van der Waals surface area contributed by atoms with E-state index in [1.807, 2.05) is 0 Å². The highest BCUT2D eigenvalue weighted by Gasteiger charge is 2.60. The molecule has 3 amide bonds. The van der Waals surface area contributed by atoms with Gasteiger partial charge in [0.15, 0.2) is 0 Å². The molecule has 3 aliphatic heterocycles. The van der Waals surface area contributed by atoms with E-state index in [0.717, 1.165) is 32.4 Å². The Kier molecular flexibility index (Phi) is 4.00. The van der Waals surface area contributed by atoms with Crippen LogP contribution in [-0.2, 0) is 15.1 Å². The molecule has 22 heavy (non-hydrogen) atoms. The number of amides is 3. The second-order valence-electron chi connectivity index (χ2n) is 5.93. The molecule has 0 saturated carbocycles. The van der Waals surface area contributed by atoms with Gasteiger partial charge in [-0.2, -0.15) is 8.42 Å². The largest absolute Gasteiger partial charge is 0.362 e. The Morgan fingerprint density at radius 1 is 1.27 bits per heavy atom. The fourth-order valence-corrected chi connectivity index (χ4v) is 4.36. The maximum atomic E-state index is 12.3. The van der Waals surface area contributed by atoms with Crippen molar-refractivity contribution in [3.8, 4) is 0 Å². The van der Waals surface area contributed by atoms with E-state index in [0.29, 0.717) is 17.3 Å². The van der Waals surface area contributed by atoms with Gasteiger partial charge in [-0.25, -0.2) is 9.10 Å². The SMILES string of the molecule is O=C(N[C@H]1CCCNCC1)N1CCC2[C@H]1C(=O)N2S(=O)(=O)O. The molecule has 0 aromatic carbocycles. The van der Waals surface area contributed by atoms with Gasteiger partial charge in [0.25, 0.3) is 5.91 Å². The number of urea groups is 1. The molecule has 0 spiro atoms. The van der Waals surface area contributed by atoms with Crippen LogP contribution < -0.4 is 10.6 Å². The molecule has 10 heteroatoms. The minimum Gasteiger partial charge on any atom is -0.335 e. The smallest absolute Gasteiger partial charge is 0.335 e. The van der Waals surface area contributed by atoms with E-state index < -0.39 is 28.3 Å². The van der Waals surface area contributed by atoms with E-state index in [1.54, 1.807) is 0 Å². The standard InChI is InChI=1S/C12H20N4O5S/c17-11-10-9(16(11)22(19,20)21)4-7-15(10)12(18)14-8-2-1-5-13-6-3-8/h8-10,13H,1-7H2,(H,14,18)(H,19,20,21)/t8-,9?,10-/m0/s1. The molecule has 0 aliphatic carbocycles. The average molecular weight is 332 g/mol. The zero-order valence-electron chi connectivity index (χ0n) is 12.1. The summed E-state index contributed by atoms with van der Waals surface area (Å²) in [6.07, 6.45) is 3.05. The molecule has 3 saturated heterocycles. The number of nitrogens with one attached hydrogen (secondary N) is 2. The van der Waals surface area contributed by atoms with Crippen molar-refractivity contribution in [1.29, 1.82) is 0 Å². The number of fused-ring (bicyclic) bond motifs is 1. The summed E-state index contributed by atoms with van der Waals surface area (Å²) in [6, 6.07) is -1.67. The minimum atomic E-state index is -4.53. The van der Waals surface area contributed by atoms with Crippen molar-refractivity contribution >= 4 is 22.2 Å². The van der Waals surface area contributed by atoms with Crippen LogP contribution in [0.5, 0.6) is 0 Å². The molecule has 3 fully saturated rings.